The Balaban J connectivity index is 2.09. The molecule has 0 spiro atoms. The molecule has 1 saturated carbocycles. The maximum Gasteiger partial charge on any atom is 0.123 e. The van der Waals surface area contributed by atoms with E-state index in [9.17, 15) is 4.39 Å². The highest BCUT2D eigenvalue weighted by atomic mass is 35.5. The van der Waals surface area contributed by atoms with Crippen LogP contribution in [-0.4, -0.2) is 12.6 Å². The first kappa shape index (κ1) is 14.8. The Morgan fingerprint density at radius 2 is 2.21 bits per heavy atom. The quantitative estimate of drug-likeness (QED) is 0.843. The van der Waals surface area contributed by atoms with Crippen LogP contribution in [0.1, 0.15) is 38.7 Å². The molecule has 1 aliphatic rings. The van der Waals surface area contributed by atoms with Crippen molar-refractivity contribution in [3.8, 4) is 0 Å². The summed E-state index contributed by atoms with van der Waals surface area (Å²) in [4.78, 5) is 0. The molecule has 2 rings (SSSR count). The molecule has 3 unspecified atom stereocenters. The molecular weight excluding hydrogens is 261 g/mol. The highest BCUT2D eigenvalue weighted by Crippen LogP contribution is 2.34. The summed E-state index contributed by atoms with van der Waals surface area (Å²) in [5, 5.41) is 4.24. The topological polar surface area (TPSA) is 12.0 Å². The SMILES string of the molecule is CCNC(Cc1cc(F)ccc1Cl)C1CCC(C)C1. The average Bonchev–Trinajstić information content (AvgIpc) is 2.80. The molecule has 0 aliphatic heterocycles. The minimum Gasteiger partial charge on any atom is -0.314 e. The number of likely N-dealkylation sites (N-methyl/N-ethyl adjacent to an activating group) is 1. The Labute approximate surface area is 120 Å². The predicted molar refractivity (Wildman–Crippen MR) is 79.1 cm³/mol. The van der Waals surface area contributed by atoms with Crippen LogP contribution < -0.4 is 5.32 Å². The van der Waals surface area contributed by atoms with Crippen molar-refractivity contribution in [3.05, 3.63) is 34.6 Å². The molecule has 0 saturated heterocycles. The van der Waals surface area contributed by atoms with Crippen molar-refractivity contribution >= 4 is 11.6 Å². The van der Waals surface area contributed by atoms with Crippen molar-refractivity contribution < 1.29 is 4.39 Å². The second kappa shape index (κ2) is 6.71. The van der Waals surface area contributed by atoms with Crippen LogP contribution in [-0.2, 0) is 6.42 Å². The third-order valence-corrected chi connectivity index (χ3v) is 4.59. The molecule has 1 fully saturated rings. The zero-order chi connectivity index (χ0) is 13.8. The Morgan fingerprint density at radius 3 is 2.84 bits per heavy atom. The van der Waals surface area contributed by atoms with Crippen LogP contribution in [0.5, 0.6) is 0 Å². The molecule has 0 aromatic heterocycles. The monoisotopic (exact) mass is 283 g/mol. The molecule has 106 valence electrons. The lowest BCUT2D eigenvalue weighted by Gasteiger charge is -2.25. The highest BCUT2D eigenvalue weighted by Gasteiger charge is 2.28. The third-order valence-electron chi connectivity index (χ3n) is 4.22. The van der Waals surface area contributed by atoms with Gasteiger partial charge in [-0.3, -0.25) is 0 Å². The summed E-state index contributed by atoms with van der Waals surface area (Å²) >= 11 is 6.18. The zero-order valence-electron chi connectivity index (χ0n) is 11.8. The van der Waals surface area contributed by atoms with E-state index in [1.807, 2.05) is 0 Å². The summed E-state index contributed by atoms with van der Waals surface area (Å²) < 4.78 is 13.3. The average molecular weight is 284 g/mol. The van der Waals surface area contributed by atoms with E-state index in [4.69, 9.17) is 11.6 Å². The van der Waals surface area contributed by atoms with Gasteiger partial charge in [0.15, 0.2) is 0 Å². The smallest absolute Gasteiger partial charge is 0.123 e. The number of benzene rings is 1. The lowest BCUT2D eigenvalue weighted by atomic mass is 9.91. The molecule has 19 heavy (non-hydrogen) atoms. The van der Waals surface area contributed by atoms with Crippen molar-refractivity contribution in [2.24, 2.45) is 11.8 Å². The van der Waals surface area contributed by atoms with E-state index in [0.29, 0.717) is 17.0 Å². The standard InChI is InChI=1S/C16H23ClFN/c1-3-19-16(12-5-4-11(2)8-12)10-13-9-14(18)6-7-15(13)17/h6-7,9,11-12,16,19H,3-5,8,10H2,1-2H3. The fourth-order valence-electron chi connectivity index (χ4n) is 3.22. The fraction of sp³-hybridized carbons (Fsp3) is 0.625. The minimum atomic E-state index is -0.200. The van der Waals surface area contributed by atoms with Crippen LogP contribution in [0.4, 0.5) is 4.39 Å². The fourth-order valence-corrected chi connectivity index (χ4v) is 3.42. The summed E-state index contributed by atoms with van der Waals surface area (Å²) in [6.45, 7) is 5.39. The van der Waals surface area contributed by atoms with Gasteiger partial charge in [0.25, 0.3) is 0 Å². The largest absolute Gasteiger partial charge is 0.314 e. The normalized spacial score (nSPS) is 24.6. The van der Waals surface area contributed by atoms with E-state index < -0.39 is 0 Å². The van der Waals surface area contributed by atoms with Crippen molar-refractivity contribution in [2.45, 2.75) is 45.6 Å². The Hall–Kier alpha value is -0.600. The van der Waals surface area contributed by atoms with Crippen LogP contribution in [0.25, 0.3) is 0 Å². The Morgan fingerprint density at radius 1 is 1.42 bits per heavy atom. The molecule has 1 N–H and O–H groups in total. The second-order valence-corrected chi connectivity index (χ2v) is 6.19. The summed E-state index contributed by atoms with van der Waals surface area (Å²) in [7, 11) is 0. The van der Waals surface area contributed by atoms with Gasteiger partial charge in [-0.1, -0.05) is 31.9 Å². The first-order valence-electron chi connectivity index (χ1n) is 7.27. The van der Waals surface area contributed by atoms with Gasteiger partial charge in [-0.2, -0.15) is 0 Å². The Bertz CT molecular complexity index is 421. The van der Waals surface area contributed by atoms with Gasteiger partial charge in [0.2, 0.25) is 0 Å². The lowest BCUT2D eigenvalue weighted by molar-refractivity contribution is 0.353. The van der Waals surface area contributed by atoms with Crippen molar-refractivity contribution in [3.63, 3.8) is 0 Å². The number of hydrogen-bond donors (Lipinski definition) is 1. The molecule has 1 nitrogen and oxygen atoms in total. The first-order valence-corrected chi connectivity index (χ1v) is 7.65. The van der Waals surface area contributed by atoms with Gasteiger partial charge in [0, 0.05) is 11.1 Å². The molecular formula is C16H23ClFN. The molecule has 1 aromatic rings. The number of hydrogen-bond acceptors (Lipinski definition) is 1. The van der Waals surface area contributed by atoms with Gasteiger partial charge < -0.3 is 5.32 Å². The van der Waals surface area contributed by atoms with Gasteiger partial charge in [-0.15, -0.1) is 0 Å². The molecule has 0 heterocycles. The van der Waals surface area contributed by atoms with Crippen LogP contribution in [0, 0.1) is 17.7 Å². The lowest BCUT2D eigenvalue weighted by Crippen LogP contribution is -2.37. The highest BCUT2D eigenvalue weighted by molar-refractivity contribution is 6.31. The third kappa shape index (κ3) is 3.93. The van der Waals surface area contributed by atoms with E-state index in [1.165, 1.54) is 25.3 Å². The Kier molecular flexibility index (Phi) is 5.23. The summed E-state index contributed by atoms with van der Waals surface area (Å²) in [5.41, 5.74) is 0.923. The summed E-state index contributed by atoms with van der Waals surface area (Å²) in [6, 6.07) is 5.07. The van der Waals surface area contributed by atoms with Crippen molar-refractivity contribution in [2.75, 3.05) is 6.54 Å². The van der Waals surface area contributed by atoms with Gasteiger partial charge in [0.1, 0.15) is 5.82 Å². The van der Waals surface area contributed by atoms with Crippen molar-refractivity contribution in [1.82, 2.24) is 5.32 Å². The van der Waals surface area contributed by atoms with E-state index in [0.717, 1.165) is 24.4 Å². The molecule has 1 aromatic carbocycles. The predicted octanol–water partition coefficient (Wildman–Crippen LogP) is 4.44. The minimum absolute atomic E-state index is 0.200. The van der Waals surface area contributed by atoms with Crippen molar-refractivity contribution in [1.29, 1.82) is 0 Å². The van der Waals surface area contributed by atoms with Crippen LogP contribution >= 0.6 is 11.6 Å². The van der Waals surface area contributed by atoms with E-state index in [1.54, 1.807) is 12.1 Å². The number of halogens is 2. The van der Waals surface area contributed by atoms with Crippen LogP contribution in [0.3, 0.4) is 0 Å². The van der Waals surface area contributed by atoms with Gasteiger partial charge in [-0.25, -0.2) is 4.39 Å². The maximum atomic E-state index is 13.3. The molecule has 3 heteroatoms. The molecule has 1 aliphatic carbocycles. The van der Waals surface area contributed by atoms with Gasteiger partial charge in [0.05, 0.1) is 0 Å². The molecule has 0 amide bonds. The van der Waals surface area contributed by atoms with E-state index >= 15 is 0 Å². The summed E-state index contributed by atoms with van der Waals surface area (Å²) in [6.07, 6.45) is 4.67. The second-order valence-electron chi connectivity index (χ2n) is 5.78. The first-order chi connectivity index (χ1) is 9.10. The maximum absolute atomic E-state index is 13.3. The molecule has 0 radical (unpaired) electrons. The zero-order valence-corrected chi connectivity index (χ0v) is 12.5. The number of rotatable bonds is 5. The van der Waals surface area contributed by atoms with Crippen LogP contribution in [0.15, 0.2) is 18.2 Å². The van der Waals surface area contributed by atoms with E-state index in [2.05, 4.69) is 19.2 Å². The summed E-state index contributed by atoms with van der Waals surface area (Å²) in [5.74, 6) is 1.30. The van der Waals surface area contributed by atoms with Gasteiger partial charge in [-0.05, 0) is 61.4 Å². The molecule has 3 atom stereocenters. The number of nitrogens with one attached hydrogen (secondary N) is 1. The van der Waals surface area contributed by atoms with E-state index in [-0.39, 0.29) is 5.82 Å². The van der Waals surface area contributed by atoms with Crippen LogP contribution in [0.2, 0.25) is 5.02 Å². The molecule has 0 bridgehead atoms. The van der Waals surface area contributed by atoms with Gasteiger partial charge >= 0.3 is 0 Å².